The van der Waals surface area contributed by atoms with E-state index in [2.05, 4.69) is 17.1 Å². The highest BCUT2D eigenvalue weighted by molar-refractivity contribution is 5.91. The lowest BCUT2D eigenvalue weighted by Crippen LogP contribution is -2.31. The Balaban J connectivity index is 2.01. The quantitative estimate of drug-likeness (QED) is 0.490. The fraction of sp³-hybridized carbons (Fsp3) is 0.333. The lowest BCUT2D eigenvalue weighted by atomic mass is 9.99. The van der Waals surface area contributed by atoms with Crippen LogP contribution in [-0.4, -0.2) is 29.9 Å². The first-order chi connectivity index (χ1) is 8.16. The van der Waals surface area contributed by atoms with Gasteiger partial charge in [-0.15, -0.1) is 0 Å². The maximum Gasteiger partial charge on any atom is 0.221 e. The first-order valence-electron chi connectivity index (χ1n) is 5.65. The molecule has 0 aliphatic carbocycles. The van der Waals surface area contributed by atoms with Gasteiger partial charge in [0.25, 0.3) is 0 Å². The summed E-state index contributed by atoms with van der Waals surface area (Å²) in [6.07, 6.45) is 1.03. The summed E-state index contributed by atoms with van der Waals surface area (Å²) in [4.78, 5) is 5.67. The second-order valence-electron chi connectivity index (χ2n) is 4.20. The molecule has 0 spiro atoms. The van der Waals surface area contributed by atoms with E-state index in [0.29, 0.717) is 5.92 Å². The lowest BCUT2D eigenvalue weighted by Gasteiger charge is -2.16. The van der Waals surface area contributed by atoms with Crippen molar-refractivity contribution in [1.82, 2.24) is 4.90 Å². The average Bonchev–Trinajstić information content (AvgIpc) is 2.78. The van der Waals surface area contributed by atoms with Crippen LogP contribution in [0.15, 0.2) is 35.3 Å². The summed E-state index contributed by atoms with van der Waals surface area (Å²) in [7, 11) is 0. The van der Waals surface area contributed by atoms with Gasteiger partial charge in [-0.05, 0) is 12.0 Å². The number of hydrogen-bond acceptors (Lipinski definition) is 1. The Morgan fingerprint density at radius 1 is 1.29 bits per heavy atom. The molecule has 1 saturated heterocycles. The van der Waals surface area contributed by atoms with Crippen molar-refractivity contribution in [2.75, 3.05) is 13.1 Å². The van der Waals surface area contributed by atoms with Crippen molar-refractivity contribution in [1.29, 1.82) is 5.41 Å². The molecule has 1 unspecified atom stereocenters. The maximum absolute atomic E-state index is 7.75. The molecule has 0 amide bonds. The number of likely N-dealkylation sites (tertiary alicyclic amines) is 1. The van der Waals surface area contributed by atoms with E-state index in [1.165, 1.54) is 5.56 Å². The van der Waals surface area contributed by atoms with Gasteiger partial charge in [-0.2, -0.15) is 4.99 Å². The predicted octanol–water partition coefficient (Wildman–Crippen LogP) is 0.684. The van der Waals surface area contributed by atoms with E-state index in [0.717, 1.165) is 19.5 Å². The van der Waals surface area contributed by atoms with Crippen molar-refractivity contribution in [3.05, 3.63) is 35.9 Å². The van der Waals surface area contributed by atoms with Gasteiger partial charge in [-0.1, -0.05) is 30.3 Å². The average molecular weight is 231 g/mol. The molecule has 2 rings (SSSR count). The Hall–Kier alpha value is -2.04. The van der Waals surface area contributed by atoms with Crippen LogP contribution in [0, 0.1) is 5.41 Å². The summed E-state index contributed by atoms with van der Waals surface area (Å²) in [6.45, 7) is 1.63. The van der Waals surface area contributed by atoms with Crippen molar-refractivity contribution in [2.24, 2.45) is 16.5 Å². The fourth-order valence-electron chi connectivity index (χ4n) is 2.14. The molecular formula is C12H17N5. The molecule has 17 heavy (non-hydrogen) atoms. The van der Waals surface area contributed by atoms with E-state index in [9.17, 15) is 0 Å². The molecule has 0 radical (unpaired) electrons. The third-order valence-corrected chi connectivity index (χ3v) is 2.99. The van der Waals surface area contributed by atoms with Crippen LogP contribution in [0.25, 0.3) is 0 Å². The topological polar surface area (TPSA) is 91.5 Å². The molecule has 5 nitrogen and oxygen atoms in total. The van der Waals surface area contributed by atoms with E-state index >= 15 is 0 Å². The second-order valence-corrected chi connectivity index (χ2v) is 4.20. The summed E-state index contributed by atoms with van der Waals surface area (Å²) >= 11 is 0. The molecule has 90 valence electrons. The Labute approximate surface area is 101 Å². The van der Waals surface area contributed by atoms with Crippen molar-refractivity contribution in [2.45, 2.75) is 12.3 Å². The zero-order chi connectivity index (χ0) is 12.3. The Morgan fingerprint density at radius 2 is 2.00 bits per heavy atom. The van der Waals surface area contributed by atoms with Crippen LogP contribution in [0.1, 0.15) is 17.9 Å². The highest BCUT2D eigenvalue weighted by Gasteiger charge is 2.25. The molecular weight excluding hydrogens is 214 g/mol. The zero-order valence-electron chi connectivity index (χ0n) is 9.63. The van der Waals surface area contributed by atoms with Crippen molar-refractivity contribution < 1.29 is 0 Å². The van der Waals surface area contributed by atoms with E-state index in [1.807, 2.05) is 23.1 Å². The van der Waals surface area contributed by atoms with Gasteiger partial charge in [0, 0.05) is 19.0 Å². The fourth-order valence-corrected chi connectivity index (χ4v) is 2.14. The SMILES string of the molecule is N=C(N=C(N)N)N1CCC(c2ccccc2)C1. The third-order valence-electron chi connectivity index (χ3n) is 2.99. The van der Waals surface area contributed by atoms with Crippen LogP contribution in [0.4, 0.5) is 0 Å². The lowest BCUT2D eigenvalue weighted by molar-refractivity contribution is 0.501. The molecule has 1 aliphatic heterocycles. The molecule has 1 heterocycles. The van der Waals surface area contributed by atoms with Gasteiger partial charge in [0.15, 0.2) is 5.96 Å². The first-order valence-corrected chi connectivity index (χ1v) is 5.65. The normalized spacial score (nSPS) is 19.1. The number of nitrogens with zero attached hydrogens (tertiary/aromatic N) is 2. The number of nitrogens with two attached hydrogens (primary N) is 2. The molecule has 1 aromatic carbocycles. The minimum absolute atomic E-state index is 0.0573. The number of rotatable bonds is 1. The second kappa shape index (κ2) is 4.86. The molecule has 0 bridgehead atoms. The molecule has 1 aromatic rings. The minimum atomic E-state index is -0.0573. The van der Waals surface area contributed by atoms with Crippen molar-refractivity contribution in [3.63, 3.8) is 0 Å². The van der Waals surface area contributed by atoms with E-state index in [1.54, 1.807) is 0 Å². The number of benzene rings is 1. The molecule has 0 aromatic heterocycles. The third kappa shape index (κ3) is 2.75. The van der Waals surface area contributed by atoms with Gasteiger partial charge < -0.3 is 16.4 Å². The van der Waals surface area contributed by atoms with Gasteiger partial charge >= 0.3 is 0 Å². The summed E-state index contributed by atoms with van der Waals surface area (Å²) in [6, 6.07) is 10.3. The molecule has 5 N–H and O–H groups in total. The molecule has 1 atom stereocenters. The van der Waals surface area contributed by atoms with E-state index < -0.39 is 0 Å². The standard InChI is InChI=1S/C12H17N5/c13-11(14)16-12(15)17-7-6-10(8-17)9-4-2-1-3-5-9/h1-5,10H,6-8H2,(H5,13,14,15,16). The van der Waals surface area contributed by atoms with Crippen molar-refractivity contribution in [3.8, 4) is 0 Å². The van der Waals surface area contributed by atoms with Crippen LogP contribution >= 0.6 is 0 Å². The van der Waals surface area contributed by atoms with Crippen LogP contribution in [0.2, 0.25) is 0 Å². The predicted molar refractivity (Wildman–Crippen MR) is 68.9 cm³/mol. The van der Waals surface area contributed by atoms with Gasteiger partial charge in [0.2, 0.25) is 5.96 Å². The number of hydrogen-bond donors (Lipinski definition) is 3. The summed E-state index contributed by atoms with van der Waals surface area (Å²) in [5.74, 6) is 0.562. The summed E-state index contributed by atoms with van der Waals surface area (Å²) in [5, 5.41) is 7.75. The summed E-state index contributed by atoms with van der Waals surface area (Å²) in [5.41, 5.74) is 11.8. The highest BCUT2D eigenvalue weighted by atomic mass is 15.3. The molecule has 1 aliphatic rings. The van der Waals surface area contributed by atoms with E-state index in [4.69, 9.17) is 16.9 Å². The van der Waals surface area contributed by atoms with E-state index in [-0.39, 0.29) is 11.9 Å². The number of guanidine groups is 2. The largest absolute Gasteiger partial charge is 0.370 e. The van der Waals surface area contributed by atoms with Gasteiger partial charge in [0.1, 0.15) is 0 Å². The first kappa shape index (κ1) is 11.4. The van der Waals surface area contributed by atoms with Crippen LogP contribution in [0.5, 0.6) is 0 Å². The van der Waals surface area contributed by atoms with Crippen molar-refractivity contribution >= 4 is 11.9 Å². The van der Waals surface area contributed by atoms with Crippen LogP contribution in [0.3, 0.4) is 0 Å². The van der Waals surface area contributed by atoms with Gasteiger partial charge in [-0.25, -0.2) is 0 Å². The Kier molecular flexibility index (Phi) is 3.27. The van der Waals surface area contributed by atoms with Gasteiger partial charge in [0.05, 0.1) is 0 Å². The molecule has 1 fully saturated rings. The maximum atomic E-state index is 7.75. The Morgan fingerprint density at radius 3 is 2.65 bits per heavy atom. The smallest absolute Gasteiger partial charge is 0.221 e. The number of nitrogens with one attached hydrogen (secondary N) is 1. The minimum Gasteiger partial charge on any atom is -0.370 e. The number of aliphatic imine (C=N–C) groups is 1. The van der Waals surface area contributed by atoms with Gasteiger partial charge in [-0.3, -0.25) is 5.41 Å². The zero-order valence-corrected chi connectivity index (χ0v) is 9.63. The Bertz CT molecular complexity index is 422. The summed E-state index contributed by atoms with van der Waals surface area (Å²) < 4.78 is 0. The van der Waals surface area contributed by atoms with Crippen LogP contribution < -0.4 is 11.5 Å². The van der Waals surface area contributed by atoms with Crippen LogP contribution in [-0.2, 0) is 0 Å². The molecule has 0 saturated carbocycles. The highest BCUT2D eigenvalue weighted by Crippen LogP contribution is 2.26. The molecule has 5 heteroatoms. The monoisotopic (exact) mass is 231 g/mol.